The molecule has 0 aliphatic carbocycles. The van der Waals surface area contributed by atoms with Crippen molar-refractivity contribution in [3.63, 3.8) is 0 Å². The van der Waals surface area contributed by atoms with Crippen LogP contribution in [0.25, 0.3) is 0 Å². The molecule has 0 saturated heterocycles. The number of hydrogen-bond donors (Lipinski definition) is 1. The number of ether oxygens (including phenoxy) is 4. The second-order valence-corrected chi connectivity index (χ2v) is 8.54. The van der Waals surface area contributed by atoms with Crippen LogP contribution in [0.3, 0.4) is 0 Å². The zero-order valence-corrected chi connectivity index (χ0v) is 20.6. The molecule has 1 heterocycles. The molecule has 0 unspecified atom stereocenters. The number of carbonyl (C=O) groups excluding carboxylic acids is 1. The minimum Gasteiger partial charge on any atom is -0.490 e. The van der Waals surface area contributed by atoms with Crippen LogP contribution in [0, 0.1) is 3.57 Å². The van der Waals surface area contributed by atoms with Gasteiger partial charge in [-0.05, 0) is 83.1 Å². The molecule has 7 nitrogen and oxygen atoms in total. The van der Waals surface area contributed by atoms with Crippen LogP contribution in [0.5, 0.6) is 23.0 Å². The van der Waals surface area contributed by atoms with Gasteiger partial charge in [-0.1, -0.05) is 23.7 Å². The minimum absolute atomic E-state index is 0.152. The summed E-state index contributed by atoms with van der Waals surface area (Å²) in [5, 5.41) is 4.75. The van der Waals surface area contributed by atoms with Crippen molar-refractivity contribution in [3.8, 4) is 23.0 Å². The number of benzene rings is 3. The molecule has 0 aromatic heterocycles. The first-order chi connectivity index (χ1) is 16.0. The van der Waals surface area contributed by atoms with Gasteiger partial charge in [0.05, 0.1) is 16.4 Å². The molecular formula is C24H20ClIN2O5. The Morgan fingerprint density at radius 2 is 1.91 bits per heavy atom. The zero-order chi connectivity index (χ0) is 23.2. The van der Waals surface area contributed by atoms with Crippen molar-refractivity contribution in [2.24, 2.45) is 5.10 Å². The second-order valence-electron chi connectivity index (χ2n) is 6.95. The van der Waals surface area contributed by atoms with Gasteiger partial charge in [-0.2, -0.15) is 5.10 Å². The van der Waals surface area contributed by atoms with E-state index in [2.05, 4.69) is 33.1 Å². The summed E-state index contributed by atoms with van der Waals surface area (Å²) in [5.74, 6) is 2.05. The van der Waals surface area contributed by atoms with E-state index in [0.29, 0.717) is 46.8 Å². The summed E-state index contributed by atoms with van der Waals surface area (Å²) in [5.41, 5.74) is 4.70. The lowest BCUT2D eigenvalue weighted by Gasteiger charge is -2.15. The molecule has 0 bridgehead atoms. The van der Waals surface area contributed by atoms with Crippen LogP contribution in [-0.4, -0.2) is 25.5 Å². The van der Waals surface area contributed by atoms with E-state index in [0.717, 1.165) is 14.7 Å². The number of halogens is 2. The maximum Gasteiger partial charge on any atom is 0.271 e. The van der Waals surface area contributed by atoms with Crippen LogP contribution in [0.4, 0.5) is 0 Å². The Bertz CT molecular complexity index is 1180. The van der Waals surface area contributed by atoms with Gasteiger partial charge < -0.3 is 18.9 Å². The number of rotatable bonds is 8. The lowest BCUT2D eigenvalue weighted by molar-refractivity contribution is 0.0954. The number of hydrazone groups is 1. The van der Waals surface area contributed by atoms with E-state index < -0.39 is 0 Å². The first-order valence-corrected chi connectivity index (χ1v) is 11.6. The summed E-state index contributed by atoms with van der Waals surface area (Å²) in [7, 11) is 0. The van der Waals surface area contributed by atoms with Crippen LogP contribution in [0.1, 0.15) is 28.4 Å². The minimum atomic E-state index is -0.354. The third kappa shape index (κ3) is 5.88. The largest absolute Gasteiger partial charge is 0.490 e. The van der Waals surface area contributed by atoms with Crippen molar-refractivity contribution in [1.29, 1.82) is 0 Å². The molecule has 3 aromatic rings. The Morgan fingerprint density at radius 3 is 2.70 bits per heavy atom. The third-order valence-corrected chi connectivity index (χ3v) is 5.70. The van der Waals surface area contributed by atoms with Gasteiger partial charge in [-0.25, -0.2) is 5.43 Å². The first-order valence-electron chi connectivity index (χ1n) is 10.1. The maximum atomic E-state index is 12.4. The fourth-order valence-electron chi connectivity index (χ4n) is 3.07. The topological polar surface area (TPSA) is 78.4 Å². The van der Waals surface area contributed by atoms with Gasteiger partial charge in [0.15, 0.2) is 23.0 Å². The number of hydrogen-bond acceptors (Lipinski definition) is 6. The predicted octanol–water partition coefficient (Wildman–Crippen LogP) is 5.41. The average molecular weight is 579 g/mol. The summed E-state index contributed by atoms with van der Waals surface area (Å²) in [6, 6.07) is 16.2. The molecule has 9 heteroatoms. The fraction of sp³-hybridized carbons (Fsp3) is 0.167. The quantitative estimate of drug-likeness (QED) is 0.220. The molecule has 0 radical (unpaired) electrons. The lowest BCUT2D eigenvalue weighted by atomic mass is 10.2. The van der Waals surface area contributed by atoms with E-state index in [-0.39, 0.29) is 12.7 Å². The highest BCUT2D eigenvalue weighted by molar-refractivity contribution is 14.1. The molecule has 1 aliphatic heterocycles. The molecular weight excluding hydrogens is 559 g/mol. The molecule has 3 aromatic carbocycles. The standard InChI is InChI=1S/C24H20ClIN2O5/c1-2-30-22-10-16(9-19(26)23(22)31-13-15-3-6-18(25)7-4-15)12-27-28-24(29)17-5-8-20-21(11-17)33-14-32-20/h3-12H,2,13-14H2,1H3,(H,28,29)/b27-12+. The summed E-state index contributed by atoms with van der Waals surface area (Å²) >= 11 is 8.13. The first kappa shape index (κ1) is 23.2. The highest BCUT2D eigenvalue weighted by Crippen LogP contribution is 2.35. The van der Waals surface area contributed by atoms with Crippen molar-refractivity contribution in [2.75, 3.05) is 13.4 Å². The normalized spacial score (nSPS) is 12.1. The predicted molar refractivity (Wildman–Crippen MR) is 134 cm³/mol. The summed E-state index contributed by atoms with van der Waals surface area (Å²) in [6.07, 6.45) is 1.55. The van der Waals surface area contributed by atoms with Crippen molar-refractivity contribution >= 4 is 46.3 Å². The van der Waals surface area contributed by atoms with Gasteiger partial charge >= 0.3 is 0 Å². The van der Waals surface area contributed by atoms with Gasteiger partial charge in [-0.15, -0.1) is 0 Å². The Morgan fingerprint density at radius 1 is 1.12 bits per heavy atom. The number of nitrogens with one attached hydrogen (secondary N) is 1. The molecule has 1 N–H and O–H groups in total. The Labute approximate surface area is 209 Å². The van der Waals surface area contributed by atoms with Crippen LogP contribution in [0.2, 0.25) is 5.02 Å². The highest BCUT2D eigenvalue weighted by atomic mass is 127. The number of amides is 1. The van der Waals surface area contributed by atoms with Gasteiger partial charge in [0, 0.05) is 10.6 Å². The zero-order valence-electron chi connectivity index (χ0n) is 17.6. The van der Waals surface area contributed by atoms with Gasteiger partial charge in [-0.3, -0.25) is 4.79 Å². The summed E-state index contributed by atoms with van der Waals surface area (Å²) in [6.45, 7) is 2.92. The van der Waals surface area contributed by atoms with E-state index in [1.54, 1.807) is 24.4 Å². The van der Waals surface area contributed by atoms with Crippen molar-refractivity contribution in [1.82, 2.24) is 5.43 Å². The number of carbonyl (C=O) groups is 1. The summed E-state index contributed by atoms with van der Waals surface area (Å²) < 4.78 is 23.2. The second kappa shape index (κ2) is 10.8. The monoisotopic (exact) mass is 578 g/mol. The van der Waals surface area contributed by atoms with Crippen molar-refractivity contribution in [2.45, 2.75) is 13.5 Å². The molecule has 0 fully saturated rings. The van der Waals surface area contributed by atoms with E-state index in [1.807, 2.05) is 43.3 Å². The van der Waals surface area contributed by atoms with Crippen LogP contribution in [-0.2, 0) is 6.61 Å². The lowest BCUT2D eigenvalue weighted by Crippen LogP contribution is -2.17. The molecule has 1 aliphatic rings. The van der Waals surface area contributed by atoms with Crippen molar-refractivity contribution < 1.29 is 23.7 Å². The Balaban J connectivity index is 1.44. The molecule has 0 spiro atoms. The van der Waals surface area contributed by atoms with Crippen molar-refractivity contribution in [3.05, 3.63) is 79.9 Å². The molecule has 0 saturated carbocycles. The molecule has 0 atom stereocenters. The molecule has 33 heavy (non-hydrogen) atoms. The Kier molecular flexibility index (Phi) is 7.56. The van der Waals surface area contributed by atoms with E-state index in [4.69, 9.17) is 30.5 Å². The fourth-order valence-corrected chi connectivity index (χ4v) is 3.98. The molecule has 4 rings (SSSR count). The smallest absolute Gasteiger partial charge is 0.271 e. The highest BCUT2D eigenvalue weighted by Gasteiger charge is 2.16. The SMILES string of the molecule is CCOc1cc(/C=N/NC(=O)c2ccc3c(c2)OCO3)cc(I)c1OCc1ccc(Cl)cc1. The summed E-state index contributed by atoms with van der Waals surface area (Å²) in [4.78, 5) is 12.4. The third-order valence-electron chi connectivity index (χ3n) is 4.64. The van der Waals surface area contributed by atoms with Gasteiger partial charge in [0.25, 0.3) is 5.91 Å². The van der Waals surface area contributed by atoms with E-state index in [9.17, 15) is 4.79 Å². The Hall–Kier alpha value is -2.98. The molecule has 1 amide bonds. The number of nitrogens with zero attached hydrogens (tertiary/aromatic N) is 1. The molecule has 170 valence electrons. The van der Waals surface area contributed by atoms with Gasteiger partial charge in [0.1, 0.15) is 6.61 Å². The van der Waals surface area contributed by atoms with Crippen LogP contribution >= 0.6 is 34.2 Å². The van der Waals surface area contributed by atoms with Crippen LogP contribution < -0.4 is 24.4 Å². The average Bonchev–Trinajstić information content (AvgIpc) is 3.28. The van der Waals surface area contributed by atoms with E-state index in [1.165, 1.54) is 0 Å². The van der Waals surface area contributed by atoms with Crippen LogP contribution in [0.15, 0.2) is 59.7 Å². The van der Waals surface area contributed by atoms with Gasteiger partial charge in [0.2, 0.25) is 6.79 Å². The van der Waals surface area contributed by atoms with E-state index >= 15 is 0 Å². The maximum absolute atomic E-state index is 12.4. The number of fused-ring (bicyclic) bond motifs is 1.